The third-order valence-electron chi connectivity index (χ3n) is 0.979. The quantitative estimate of drug-likeness (QED) is 0.788. The molecule has 0 saturated heterocycles. The molecule has 3 nitrogen and oxygen atoms in total. The zero-order chi connectivity index (χ0) is 10.3. The molecule has 0 amide bonds. The van der Waals surface area contributed by atoms with Crippen LogP contribution in [0.1, 0.15) is 17.3 Å². The minimum atomic E-state index is -0.833. The van der Waals surface area contributed by atoms with Gasteiger partial charge in [0.15, 0.2) is 0 Å². The number of benzene rings is 1. The third-order valence-corrected chi connectivity index (χ3v) is 1.41. The van der Waals surface area contributed by atoms with E-state index in [9.17, 15) is 4.79 Å². The van der Waals surface area contributed by atoms with E-state index in [0.29, 0.717) is 5.56 Å². The van der Waals surface area contributed by atoms with E-state index in [2.05, 4.69) is 21.1 Å². The van der Waals surface area contributed by atoms with E-state index in [-0.39, 0.29) is 4.00 Å². The van der Waals surface area contributed by atoms with Crippen LogP contribution < -0.4 is 0 Å². The van der Waals surface area contributed by atoms with Gasteiger partial charge in [-0.25, -0.2) is 0 Å². The second kappa shape index (κ2) is 6.60. The van der Waals surface area contributed by atoms with Gasteiger partial charge in [-0.15, -0.1) is 0 Å². The summed E-state index contributed by atoms with van der Waals surface area (Å²) in [5.74, 6) is -0.833. The second-order valence-electron chi connectivity index (χ2n) is 2.12. The number of carbonyl (C=O) groups is 2. The molecule has 1 aromatic rings. The van der Waals surface area contributed by atoms with Crippen molar-refractivity contribution in [1.82, 2.24) is 0 Å². The van der Waals surface area contributed by atoms with E-state index in [0.717, 1.165) is 6.92 Å². The van der Waals surface area contributed by atoms with E-state index in [1.54, 1.807) is 12.1 Å². The van der Waals surface area contributed by atoms with Crippen LogP contribution in [-0.4, -0.2) is 15.1 Å². The Morgan fingerprint density at radius 1 is 1.23 bits per heavy atom. The van der Waals surface area contributed by atoms with Gasteiger partial charge in [0.1, 0.15) is 0 Å². The summed E-state index contributed by atoms with van der Waals surface area (Å²) in [6.45, 7) is 1.08. The summed E-state index contributed by atoms with van der Waals surface area (Å²) >= 11 is 2.86. The van der Waals surface area contributed by atoms with Crippen molar-refractivity contribution in [1.29, 1.82) is 0 Å². The van der Waals surface area contributed by atoms with Crippen LogP contribution in [0, 0.1) is 0 Å². The molecule has 0 radical (unpaired) electrons. The molecule has 1 N–H and O–H groups in total. The Bertz CT molecular complexity index is 278. The van der Waals surface area contributed by atoms with Gasteiger partial charge in [-0.05, 0) is 0 Å². The van der Waals surface area contributed by atoms with Gasteiger partial charge in [0, 0.05) is 6.92 Å². The van der Waals surface area contributed by atoms with Crippen LogP contribution in [0.2, 0.25) is 0 Å². The molecule has 0 fully saturated rings. The molecule has 0 heterocycles. The van der Waals surface area contributed by atoms with Crippen molar-refractivity contribution in [3.63, 3.8) is 0 Å². The zero-order valence-corrected chi connectivity index (χ0v) is 8.43. The van der Waals surface area contributed by atoms with Crippen molar-refractivity contribution in [3.8, 4) is 0 Å². The number of carboxylic acid groups (broad SMARTS) is 1. The van der Waals surface area contributed by atoms with Crippen molar-refractivity contribution < 1.29 is 35.8 Å². The number of hydrogen-bond acceptors (Lipinski definition) is 2. The van der Waals surface area contributed by atoms with Crippen LogP contribution in [0.4, 0.5) is 0 Å². The molecular formula is C9H9AgO3. The normalized spacial score (nSPS) is 8.23. The average molecular weight is 273 g/mol. The van der Waals surface area contributed by atoms with Crippen molar-refractivity contribution in [2.75, 3.05) is 0 Å². The van der Waals surface area contributed by atoms with Gasteiger partial charge in [-0.2, -0.15) is 0 Å². The predicted octanol–water partition coefficient (Wildman–Crippen LogP) is 1.46. The molecule has 0 saturated carbocycles. The summed E-state index contributed by atoms with van der Waals surface area (Å²) in [6, 6.07) is 9.05. The Hall–Kier alpha value is -0.900. The number of rotatable bonds is 1. The number of carbonyl (C=O) groups excluding carboxylic acids is 1. The van der Waals surface area contributed by atoms with E-state index in [1.807, 2.05) is 18.2 Å². The fourth-order valence-electron chi connectivity index (χ4n) is 0.556. The molecule has 74 valence electrons. The Balaban J connectivity index is 0.000000310. The average Bonchev–Trinajstić information content (AvgIpc) is 2.05. The summed E-state index contributed by atoms with van der Waals surface area (Å²) in [6.07, 6.45) is 0. The van der Waals surface area contributed by atoms with E-state index in [4.69, 9.17) is 9.90 Å². The van der Waals surface area contributed by atoms with Gasteiger partial charge >= 0.3 is 65.8 Å². The van der Waals surface area contributed by atoms with Crippen LogP contribution in [0.3, 0.4) is 0 Å². The van der Waals surface area contributed by atoms with Crippen molar-refractivity contribution >= 4 is 9.97 Å². The first kappa shape index (κ1) is 12.1. The monoisotopic (exact) mass is 272 g/mol. The Morgan fingerprint density at radius 2 is 1.62 bits per heavy atom. The summed E-state index contributed by atoms with van der Waals surface area (Å²) < 4.78 is -0.0691. The molecule has 0 atom stereocenters. The Kier molecular flexibility index (Phi) is 6.14. The number of aliphatic carboxylic acids is 1. The molecule has 4 heteroatoms. The van der Waals surface area contributed by atoms with E-state index in [1.165, 1.54) is 0 Å². The maximum absolute atomic E-state index is 10.6. The first-order valence-corrected chi connectivity index (χ1v) is 4.18. The molecule has 0 unspecified atom stereocenters. The molecule has 1 aromatic carbocycles. The molecule has 0 aliphatic heterocycles. The number of carboxylic acids is 1. The molecule has 13 heavy (non-hydrogen) atoms. The predicted molar refractivity (Wildman–Crippen MR) is 44.1 cm³/mol. The topological polar surface area (TPSA) is 54.4 Å². The third kappa shape index (κ3) is 7.46. The van der Waals surface area contributed by atoms with Crippen LogP contribution in [0.5, 0.6) is 0 Å². The fourth-order valence-corrected chi connectivity index (χ4v) is 0.803. The van der Waals surface area contributed by atoms with Crippen LogP contribution in [0.15, 0.2) is 30.3 Å². The first-order chi connectivity index (χ1) is 6.04. The van der Waals surface area contributed by atoms with Gasteiger partial charge in [0.25, 0.3) is 5.97 Å². The first-order valence-electron chi connectivity index (χ1n) is 3.44. The molecule has 0 aliphatic carbocycles. The summed E-state index contributed by atoms with van der Waals surface area (Å²) in [4.78, 5) is 19.6. The molecule has 0 bridgehead atoms. The van der Waals surface area contributed by atoms with E-state index >= 15 is 0 Å². The standard InChI is InChI=1S/C7H5O.C2H4O2.Ag/c8-6-7-4-2-1-3-5-7;1-2(3)4;/h1-5H;1H3,(H,3,4);. The van der Waals surface area contributed by atoms with Gasteiger partial charge in [0.2, 0.25) is 0 Å². The van der Waals surface area contributed by atoms with Gasteiger partial charge in [-0.1, -0.05) is 0 Å². The summed E-state index contributed by atoms with van der Waals surface area (Å²) in [5, 5.41) is 7.42. The molecule has 0 aliphatic rings. The van der Waals surface area contributed by atoms with Crippen LogP contribution >= 0.6 is 0 Å². The van der Waals surface area contributed by atoms with Gasteiger partial charge in [0.05, 0.1) is 0 Å². The van der Waals surface area contributed by atoms with Gasteiger partial charge < -0.3 is 5.11 Å². The minimum absolute atomic E-state index is 0.0691. The molecule has 0 aromatic heterocycles. The zero-order valence-electron chi connectivity index (χ0n) is 6.95. The summed E-state index contributed by atoms with van der Waals surface area (Å²) in [5.41, 5.74) is 0.691. The van der Waals surface area contributed by atoms with E-state index < -0.39 is 5.97 Å². The van der Waals surface area contributed by atoms with Crippen molar-refractivity contribution in [2.24, 2.45) is 0 Å². The molecular weight excluding hydrogens is 264 g/mol. The number of hydrogen-bond donors (Lipinski definition) is 1. The Labute approximate surface area is 88.7 Å². The fraction of sp³-hybridized carbons (Fsp3) is 0.111. The van der Waals surface area contributed by atoms with Gasteiger partial charge in [-0.3, -0.25) is 4.79 Å². The molecule has 0 spiro atoms. The second-order valence-corrected chi connectivity index (χ2v) is 2.80. The maximum atomic E-state index is 10.6. The summed E-state index contributed by atoms with van der Waals surface area (Å²) in [7, 11) is 0. The SMILES string of the molecule is CC(=O)O.O=[C]([Ag])c1ccccc1. The van der Waals surface area contributed by atoms with Crippen molar-refractivity contribution in [2.45, 2.75) is 6.92 Å². The van der Waals surface area contributed by atoms with Crippen LogP contribution in [0.25, 0.3) is 0 Å². The molecule has 1 rings (SSSR count). The Morgan fingerprint density at radius 3 is 1.85 bits per heavy atom. The van der Waals surface area contributed by atoms with Crippen molar-refractivity contribution in [3.05, 3.63) is 35.9 Å². The van der Waals surface area contributed by atoms with Crippen LogP contribution in [-0.2, 0) is 25.9 Å².